The Labute approximate surface area is 179 Å². The summed E-state index contributed by atoms with van der Waals surface area (Å²) >= 11 is 2.55. The van der Waals surface area contributed by atoms with Crippen LogP contribution in [0.25, 0.3) is 22.2 Å². The Morgan fingerprint density at radius 2 is 1.39 bits per heavy atom. The second-order valence-corrected chi connectivity index (χ2v) is 8.79. The van der Waals surface area contributed by atoms with E-state index in [1.165, 1.54) is 12.8 Å². The summed E-state index contributed by atoms with van der Waals surface area (Å²) in [7, 11) is 0. The van der Waals surface area contributed by atoms with E-state index in [2.05, 4.69) is 69.0 Å². The number of aromatic nitrogens is 2. The Balaban J connectivity index is 1.76. The molecule has 4 heteroatoms. The predicted molar refractivity (Wildman–Crippen MR) is 123 cm³/mol. The van der Waals surface area contributed by atoms with Gasteiger partial charge in [-0.2, -0.15) is 0 Å². The fourth-order valence-corrected chi connectivity index (χ4v) is 4.23. The number of hydrogen-bond acceptors (Lipinski definition) is 3. The molecule has 1 aliphatic carbocycles. The minimum Gasteiger partial charge on any atom is -0.488 e. The van der Waals surface area contributed by atoms with Crippen molar-refractivity contribution in [2.24, 2.45) is 0 Å². The minimum absolute atomic E-state index is 0.257. The van der Waals surface area contributed by atoms with Gasteiger partial charge in [0.1, 0.15) is 11.3 Å². The number of fused-ring (bicyclic) bond motifs is 1. The molecule has 1 aromatic heterocycles. The highest BCUT2D eigenvalue weighted by molar-refractivity contribution is 14.1. The Kier molecular flexibility index (Phi) is 6.37. The lowest BCUT2D eigenvalue weighted by Crippen LogP contribution is -2.24. The Bertz CT molecular complexity index is 973. The fourth-order valence-electron chi connectivity index (χ4n) is 3.51. The third-order valence-electron chi connectivity index (χ3n) is 4.99. The predicted octanol–water partition coefficient (Wildman–Crippen LogP) is 6.55. The summed E-state index contributed by atoms with van der Waals surface area (Å²) in [5, 5.41) is 0. The molecule has 0 atom stereocenters. The van der Waals surface area contributed by atoms with E-state index >= 15 is 0 Å². The van der Waals surface area contributed by atoms with Crippen molar-refractivity contribution in [2.75, 3.05) is 0 Å². The van der Waals surface area contributed by atoms with Gasteiger partial charge in [-0.25, -0.2) is 4.98 Å². The van der Waals surface area contributed by atoms with Crippen LogP contribution in [0.5, 0.6) is 5.75 Å². The van der Waals surface area contributed by atoms with Crippen LogP contribution in [0.1, 0.15) is 25.7 Å². The van der Waals surface area contributed by atoms with Gasteiger partial charge in [-0.05, 0) is 48.9 Å². The maximum Gasteiger partial charge on any atom is 0.148 e. The first-order valence-corrected chi connectivity index (χ1v) is 11.0. The van der Waals surface area contributed by atoms with E-state index in [4.69, 9.17) is 4.74 Å². The highest BCUT2D eigenvalue weighted by Gasteiger charge is 2.21. The van der Waals surface area contributed by atoms with E-state index in [0.29, 0.717) is 0 Å². The van der Waals surface area contributed by atoms with Gasteiger partial charge in [0.15, 0.2) is 0 Å². The second-order valence-electron chi connectivity index (χ2n) is 7.03. The molecule has 142 valence electrons. The lowest BCUT2D eigenvalue weighted by Gasteiger charge is -2.26. The summed E-state index contributed by atoms with van der Waals surface area (Å²) in [6, 6.07) is 22.7. The Hall–Kier alpha value is -2.21. The SMILES string of the molecule is I[C@H]1CC[C@@H](Oc2cc(-c3ccccccccc3)cc3nccnc23)CC1. The minimum atomic E-state index is 0.257. The molecule has 1 aliphatic rings. The zero-order valence-corrected chi connectivity index (χ0v) is 17.8. The number of rotatable bonds is 3. The van der Waals surface area contributed by atoms with E-state index in [1.54, 1.807) is 12.4 Å². The smallest absolute Gasteiger partial charge is 0.148 e. The number of benzene rings is 1. The Morgan fingerprint density at radius 3 is 2.11 bits per heavy atom. The van der Waals surface area contributed by atoms with E-state index < -0.39 is 0 Å². The van der Waals surface area contributed by atoms with Crippen LogP contribution in [0.3, 0.4) is 0 Å². The zero-order chi connectivity index (χ0) is 19.2. The molecule has 3 aromatic rings. The molecule has 0 unspecified atom stereocenters. The number of alkyl halides is 1. The summed E-state index contributed by atoms with van der Waals surface area (Å²) in [5.74, 6) is 0.836. The van der Waals surface area contributed by atoms with E-state index in [0.717, 1.165) is 44.7 Å². The van der Waals surface area contributed by atoms with Crippen molar-refractivity contribution < 1.29 is 4.74 Å². The molecule has 0 bridgehead atoms. The number of halogens is 1. The molecule has 0 amide bonds. The molecule has 0 radical (unpaired) electrons. The van der Waals surface area contributed by atoms with Gasteiger partial charge in [0.25, 0.3) is 0 Å². The monoisotopic (exact) mass is 482 g/mol. The van der Waals surface area contributed by atoms with Gasteiger partial charge in [-0.15, -0.1) is 0 Å². The first-order valence-electron chi connectivity index (χ1n) is 9.74. The maximum atomic E-state index is 6.45. The van der Waals surface area contributed by atoms with E-state index in [-0.39, 0.29) is 6.10 Å². The quantitative estimate of drug-likeness (QED) is 0.314. The number of nitrogens with zero attached hydrogens (tertiary/aromatic N) is 2. The normalized spacial score (nSPS) is 19.0. The number of ether oxygens (including phenoxy) is 1. The fraction of sp³-hybridized carbons (Fsp3) is 0.250. The molecule has 3 nitrogen and oxygen atoms in total. The molecular weight excluding hydrogens is 459 g/mol. The van der Waals surface area contributed by atoms with Crippen LogP contribution in [-0.2, 0) is 0 Å². The average Bonchev–Trinajstić information content (AvgIpc) is 2.73. The average molecular weight is 482 g/mol. The molecular formula is C24H23IN2O. The van der Waals surface area contributed by atoms with Crippen LogP contribution in [0.4, 0.5) is 0 Å². The first kappa shape index (κ1) is 19.1. The molecule has 0 saturated heterocycles. The van der Waals surface area contributed by atoms with Crippen molar-refractivity contribution in [3.8, 4) is 16.9 Å². The summed E-state index contributed by atoms with van der Waals surface area (Å²) < 4.78 is 7.22. The van der Waals surface area contributed by atoms with Gasteiger partial charge >= 0.3 is 0 Å². The lowest BCUT2D eigenvalue weighted by molar-refractivity contribution is 0.160. The van der Waals surface area contributed by atoms with Crippen molar-refractivity contribution in [2.45, 2.75) is 35.7 Å². The van der Waals surface area contributed by atoms with E-state index in [9.17, 15) is 0 Å². The van der Waals surface area contributed by atoms with Gasteiger partial charge in [-0.3, -0.25) is 4.98 Å². The first-order chi connectivity index (χ1) is 13.8. The molecule has 0 aliphatic heterocycles. The number of hydrogen-bond donors (Lipinski definition) is 0. The highest BCUT2D eigenvalue weighted by atomic mass is 127. The third kappa shape index (κ3) is 4.79. The summed E-state index contributed by atoms with van der Waals surface area (Å²) in [6.07, 6.45) is 8.36. The topological polar surface area (TPSA) is 35.0 Å². The summed E-state index contributed by atoms with van der Waals surface area (Å²) in [5.41, 5.74) is 3.91. The van der Waals surface area contributed by atoms with Gasteiger partial charge in [0.2, 0.25) is 0 Å². The van der Waals surface area contributed by atoms with Crippen molar-refractivity contribution in [1.82, 2.24) is 9.97 Å². The zero-order valence-electron chi connectivity index (χ0n) is 15.7. The highest BCUT2D eigenvalue weighted by Crippen LogP contribution is 2.33. The van der Waals surface area contributed by atoms with Crippen molar-refractivity contribution in [1.29, 1.82) is 0 Å². The van der Waals surface area contributed by atoms with Gasteiger partial charge in [-0.1, -0.05) is 77.2 Å². The molecule has 1 saturated carbocycles. The molecule has 4 rings (SSSR count). The van der Waals surface area contributed by atoms with Crippen LogP contribution in [0.2, 0.25) is 0 Å². The molecule has 1 fully saturated rings. The van der Waals surface area contributed by atoms with Crippen LogP contribution in [0.15, 0.2) is 79.1 Å². The van der Waals surface area contributed by atoms with Gasteiger partial charge < -0.3 is 4.74 Å². The maximum absolute atomic E-state index is 6.45. The standard InChI is InChI=1S/C24H23IN2O/c25-20-10-12-21(13-11-20)28-23-17-19(16-22-24(23)27-15-14-26-22)18-8-6-4-2-1-3-5-7-9-18/h1-9,14-17,20-21H,10-13H2/t20-,21+. The molecule has 2 aromatic carbocycles. The molecule has 1 heterocycles. The molecule has 0 N–H and O–H groups in total. The lowest BCUT2D eigenvalue weighted by atomic mass is 9.97. The second kappa shape index (κ2) is 9.32. The summed E-state index contributed by atoms with van der Waals surface area (Å²) in [4.78, 5) is 9.09. The van der Waals surface area contributed by atoms with Crippen LogP contribution in [-0.4, -0.2) is 20.0 Å². The molecule has 0 spiro atoms. The van der Waals surface area contributed by atoms with Crippen molar-refractivity contribution in [3.05, 3.63) is 79.1 Å². The molecule has 28 heavy (non-hydrogen) atoms. The van der Waals surface area contributed by atoms with Crippen molar-refractivity contribution in [3.63, 3.8) is 0 Å². The van der Waals surface area contributed by atoms with Crippen LogP contribution in [0, 0.1) is 0 Å². The third-order valence-corrected chi connectivity index (χ3v) is 6.23. The van der Waals surface area contributed by atoms with Crippen LogP contribution < -0.4 is 4.74 Å². The van der Waals surface area contributed by atoms with Gasteiger partial charge in [0.05, 0.1) is 11.6 Å². The van der Waals surface area contributed by atoms with Crippen molar-refractivity contribution >= 4 is 33.6 Å². The van der Waals surface area contributed by atoms with E-state index in [1.807, 2.05) is 30.3 Å². The largest absolute Gasteiger partial charge is 0.488 e. The Morgan fingerprint density at radius 1 is 0.750 bits per heavy atom. The summed E-state index contributed by atoms with van der Waals surface area (Å²) in [6.45, 7) is 0. The van der Waals surface area contributed by atoms with Gasteiger partial charge in [0, 0.05) is 16.3 Å². The van der Waals surface area contributed by atoms with Crippen LogP contribution >= 0.6 is 22.6 Å².